The van der Waals surface area contributed by atoms with Crippen LogP contribution in [0.25, 0.3) is 0 Å². The zero-order valence-corrected chi connectivity index (χ0v) is 17.9. The molecule has 164 valence electrons. The Morgan fingerprint density at radius 2 is 1.77 bits per heavy atom. The fourth-order valence-corrected chi connectivity index (χ4v) is 5.23. The molecule has 0 aromatic heterocycles. The summed E-state index contributed by atoms with van der Waals surface area (Å²) in [4.78, 5) is 27.9. The van der Waals surface area contributed by atoms with Gasteiger partial charge in [0.2, 0.25) is 5.91 Å². The van der Waals surface area contributed by atoms with Crippen molar-refractivity contribution in [1.29, 1.82) is 0 Å². The van der Waals surface area contributed by atoms with Crippen molar-refractivity contribution < 1.29 is 28.5 Å². The predicted octanol–water partition coefficient (Wildman–Crippen LogP) is 2.85. The molecule has 7 nitrogen and oxygen atoms in total. The Kier molecular flexibility index (Phi) is 6.02. The highest BCUT2D eigenvalue weighted by atomic mass is 16.7. The quantitative estimate of drug-likeness (QED) is 0.663. The van der Waals surface area contributed by atoms with Crippen LogP contribution in [0.15, 0.2) is 24.3 Å². The van der Waals surface area contributed by atoms with Crippen molar-refractivity contribution >= 4 is 11.9 Å². The molecule has 2 aliphatic heterocycles. The van der Waals surface area contributed by atoms with Crippen molar-refractivity contribution in [3.63, 3.8) is 0 Å². The number of carbonyl (C=O) groups excluding carboxylic acids is 2. The van der Waals surface area contributed by atoms with Gasteiger partial charge in [-0.3, -0.25) is 4.79 Å². The zero-order chi connectivity index (χ0) is 21.2. The van der Waals surface area contributed by atoms with Gasteiger partial charge < -0.3 is 23.8 Å². The molecule has 30 heavy (non-hydrogen) atoms. The summed E-state index contributed by atoms with van der Waals surface area (Å²) >= 11 is 0. The van der Waals surface area contributed by atoms with Crippen LogP contribution in [0.4, 0.5) is 0 Å². The summed E-state index contributed by atoms with van der Waals surface area (Å²) in [5.41, 5.74) is 0.639. The van der Waals surface area contributed by atoms with Crippen LogP contribution in [-0.2, 0) is 30.2 Å². The predicted molar refractivity (Wildman–Crippen MR) is 109 cm³/mol. The highest BCUT2D eigenvalue weighted by molar-refractivity contribution is 5.87. The van der Waals surface area contributed by atoms with E-state index in [1.54, 1.807) is 14.0 Å². The first-order chi connectivity index (χ1) is 14.5. The van der Waals surface area contributed by atoms with Gasteiger partial charge in [-0.05, 0) is 43.9 Å². The topological polar surface area (TPSA) is 74.3 Å². The summed E-state index contributed by atoms with van der Waals surface area (Å²) in [5.74, 6) is -0.0468. The number of esters is 1. The van der Waals surface area contributed by atoms with Crippen LogP contribution in [0.3, 0.4) is 0 Å². The molecule has 0 N–H and O–H groups in total. The van der Waals surface area contributed by atoms with Crippen molar-refractivity contribution in [2.45, 2.75) is 69.2 Å². The average molecular weight is 418 g/mol. The minimum Gasteiger partial charge on any atom is -0.497 e. The van der Waals surface area contributed by atoms with Crippen molar-refractivity contribution in [2.24, 2.45) is 0 Å². The lowest BCUT2D eigenvalue weighted by Crippen LogP contribution is -2.58. The molecule has 1 aromatic rings. The van der Waals surface area contributed by atoms with Gasteiger partial charge in [-0.2, -0.15) is 0 Å². The van der Waals surface area contributed by atoms with Gasteiger partial charge in [0.15, 0.2) is 5.79 Å². The molecule has 1 aliphatic carbocycles. The molecule has 2 saturated heterocycles. The lowest BCUT2D eigenvalue weighted by molar-refractivity contribution is -0.196. The molecule has 0 bridgehead atoms. The van der Waals surface area contributed by atoms with E-state index in [9.17, 15) is 9.59 Å². The van der Waals surface area contributed by atoms with Crippen LogP contribution in [0.1, 0.15) is 51.0 Å². The monoisotopic (exact) mass is 417 g/mol. The van der Waals surface area contributed by atoms with E-state index in [0.717, 1.165) is 43.4 Å². The van der Waals surface area contributed by atoms with Gasteiger partial charge in [-0.25, -0.2) is 4.79 Å². The molecular weight excluding hydrogens is 386 g/mol. The van der Waals surface area contributed by atoms with Crippen molar-refractivity contribution in [1.82, 2.24) is 4.90 Å². The minimum atomic E-state index is -0.632. The number of rotatable bonds is 6. The summed E-state index contributed by atoms with van der Waals surface area (Å²) in [5, 5.41) is 0. The molecule has 1 atom stereocenters. The molecule has 3 fully saturated rings. The fourth-order valence-electron chi connectivity index (χ4n) is 5.23. The van der Waals surface area contributed by atoms with Gasteiger partial charge in [0, 0.05) is 31.2 Å². The van der Waals surface area contributed by atoms with Gasteiger partial charge in [0.1, 0.15) is 11.8 Å². The standard InChI is InChI=1S/C23H31NO6/c1-3-28-21(26)19(16-17-4-6-18(27-2)7-5-17)24-20(25)8-9-22(24)10-12-23(13-11-22)29-14-15-30-23/h4-7,19H,3,8-16H2,1-2H3/t19-/m1/s1. The highest BCUT2D eigenvalue weighted by Crippen LogP contribution is 2.49. The number of hydrogen-bond acceptors (Lipinski definition) is 6. The van der Waals surface area contributed by atoms with Crippen molar-refractivity contribution in [3.05, 3.63) is 29.8 Å². The first-order valence-corrected chi connectivity index (χ1v) is 10.9. The van der Waals surface area contributed by atoms with Crippen LogP contribution in [-0.4, -0.2) is 61.1 Å². The summed E-state index contributed by atoms with van der Waals surface area (Å²) in [6.45, 7) is 3.33. The van der Waals surface area contributed by atoms with E-state index in [-0.39, 0.29) is 24.0 Å². The van der Waals surface area contributed by atoms with Crippen LogP contribution in [0.5, 0.6) is 5.75 Å². The lowest BCUT2D eigenvalue weighted by Gasteiger charge is -2.48. The number of benzene rings is 1. The Balaban J connectivity index is 1.58. The Bertz CT molecular complexity index is 760. The number of amides is 1. The molecule has 4 rings (SSSR count). The highest BCUT2D eigenvalue weighted by Gasteiger charge is 2.55. The Hall–Kier alpha value is -2.12. The molecule has 2 spiro atoms. The number of likely N-dealkylation sites (tertiary alicyclic amines) is 1. The molecular formula is C23H31NO6. The maximum Gasteiger partial charge on any atom is 0.329 e. The van der Waals surface area contributed by atoms with E-state index >= 15 is 0 Å². The van der Waals surface area contributed by atoms with Crippen LogP contribution in [0.2, 0.25) is 0 Å². The smallest absolute Gasteiger partial charge is 0.329 e. The Morgan fingerprint density at radius 3 is 2.37 bits per heavy atom. The lowest BCUT2D eigenvalue weighted by atomic mass is 9.76. The largest absolute Gasteiger partial charge is 0.497 e. The average Bonchev–Trinajstić information content (AvgIpc) is 3.34. The van der Waals surface area contributed by atoms with E-state index < -0.39 is 11.8 Å². The van der Waals surface area contributed by atoms with E-state index in [1.807, 2.05) is 29.2 Å². The third kappa shape index (κ3) is 3.93. The van der Waals surface area contributed by atoms with E-state index in [1.165, 1.54) is 0 Å². The number of ether oxygens (including phenoxy) is 4. The number of carbonyl (C=O) groups is 2. The van der Waals surface area contributed by atoms with Crippen molar-refractivity contribution in [3.8, 4) is 5.75 Å². The summed E-state index contributed by atoms with van der Waals surface area (Å²) in [6.07, 6.45) is 4.69. The fraction of sp³-hybridized carbons (Fsp3) is 0.652. The second kappa shape index (κ2) is 8.55. The molecule has 1 amide bonds. The van der Waals surface area contributed by atoms with Gasteiger partial charge in [-0.15, -0.1) is 0 Å². The third-order valence-corrected chi connectivity index (χ3v) is 6.80. The molecule has 1 saturated carbocycles. The second-order valence-electron chi connectivity index (χ2n) is 8.42. The second-order valence-corrected chi connectivity index (χ2v) is 8.42. The Labute approximate surface area is 177 Å². The van der Waals surface area contributed by atoms with Gasteiger partial charge in [-0.1, -0.05) is 12.1 Å². The van der Waals surface area contributed by atoms with E-state index in [4.69, 9.17) is 18.9 Å². The number of hydrogen-bond donors (Lipinski definition) is 0. The summed E-state index contributed by atoms with van der Waals surface area (Å²) in [7, 11) is 1.62. The molecule has 2 heterocycles. The van der Waals surface area contributed by atoms with Crippen LogP contribution in [0, 0.1) is 0 Å². The normalized spacial score (nSPS) is 23.1. The first kappa shape index (κ1) is 21.1. The van der Waals surface area contributed by atoms with Crippen molar-refractivity contribution in [2.75, 3.05) is 26.9 Å². The van der Waals surface area contributed by atoms with Crippen LogP contribution >= 0.6 is 0 Å². The van der Waals surface area contributed by atoms with Gasteiger partial charge in [0.05, 0.1) is 26.9 Å². The van der Waals surface area contributed by atoms with Crippen LogP contribution < -0.4 is 4.74 Å². The Morgan fingerprint density at radius 1 is 1.10 bits per heavy atom. The minimum absolute atomic E-state index is 0.0331. The summed E-state index contributed by atoms with van der Waals surface area (Å²) < 4.78 is 22.4. The van der Waals surface area contributed by atoms with Gasteiger partial charge in [0.25, 0.3) is 0 Å². The third-order valence-electron chi connectivity index (χ3n) is 6.80. The SMILES string of the molecule is CCOC(=O)[C@@H](Cc1ccc(OC)cc1)N1C(=O)CCC12CCC1(CC2)OCCO1. The maximum absolute atomic E-state index is 13.0. The van der Waals surface area contributed by atoms with Gasteiger partial charge >= 0.3 is 5.97 Å². The molecule has 1 aromatic carbocycles. The molecule has 3 aliphatic rings. The first-order valence-electron chi connectivity index (χ1n) is 10.9. The van der Waals surface area contributed by atoms with E-state index in [0.29, 0.717) is 26.1 Å². The summed E-state index contributed by atoms with van der Waals surface area (Å²) in [6, 6.07) is 6.99. The zero-order valence-electron chi connectivity index (χ0n) is 17.9. The molecule has 7 heteroatoms. The molecule has 0 radical (unpaired) electrons. The van der Waals surface area contributed by atoms with E-state index in [2.05, 4.69) is 0 Å². The number of nitrogens with zero attached hydrogens (tertiary/aromatic N) is 1. The number of methoxy groups -OCH3 is 1. The molecule has 0 unspecified atom stereocenters. The maximum atomic E-state index is 13.0.